The van der Waals surface area contributed by atoms with Gasteiger partial charge >= 0.3 is 0 Å². The largest absolute Gasteiger partial charge is 0.493 e. The van der Waals surface area contributed by atoms with Crippen molar-refractivity contribution >= 4 is 11.9 Å². The molecule has 0 saturated heterocycles. The fourth-order valence-electron chi connectivity index (χ4n) is 2.52. The molecule has 0 amide bonds. The molecule has 3 rings (SSSR count). The number of carbonyl (C=O) groups is 1. The molecule has 0 radical (unpaired) electrons. The number of pyridine rings is 1. The van der Waals surface area contributed by atoms with Crippen molar-refractivity contribution in [1.29, 1.82) is 0 Å². The zero-order chi connectivity index (χ0) is 14.8. The molecule has 1 heterocycles. The summed E-state index contributed by atoms with van der Waals surface area (Å²) in [5, 5.41) is 0. The van der Waals surface area contributed by atoms with Gasteiger partial charge in [0.15, 0.2) is 17.3 Å². The van der Waals surface area contributed by atoms with Gasteiger partial charge in [-0.3, -0.25) is 9.78 Å². The molecule has 0 fully saturated rings. The summed E-state index contributed by atoms with van der Waals surface area (Å²) in [4.78, 5) is 16.5. The number of ether oxygens (including phenoxy) is 2. The van der Waals surface area contributed by atoms with Crippen LogP contribution in [0.15, 0.2) is 42.2 Å². The zero-order valence-electron chi connectivity index (χ0n) is 11.9. The van der Waals surface area contributed by atoms with Crippen LogP contribution in [-0.2, 0) is 6.42 Å². The number of rotatable bonds is 3. The molecule has 1 aromatic carbocycles. The molecule has 0 atom stereocenters. The van der Waals surface area contributed by atoms with Crippen molar-refractivity contribution in [1.82, 2.24) is 4.98 Å². The maximum absolute atomic E-state index is 12.5. The molecule has 2 aromatic rings. The minimum atomic E-state index is 0.0369. The Kier molecular flexibility index (Phi) is 3.44. The zero-order valence-corrected chi connectivity index (χ0v) is 11.9. The molecule has 1 aliphatic carbocycles. The molecule has 0 bridgehead atoms. The maximum Gasteiger partial charge on any atom is 0.189 e. The molecule has 0 spiro atoms. The van der Waals surface area contributed by atoms with Crippen LogP contribution in [0, 0.1) is 0 Å². The highest BCUT2D eigenvalue weighted by molar-refractivity contribution is 6.15. The van der Waals surface area contributed by atoms with Gasteiger partial charge in [-0.2, -0.15) is 0 Å². The number of hydrogen-bond donors (Lipinski definition) is 0. The van der Waals surface area contributed by atoms with Crippen LogP contribution in [0.4, 0.5) is 0 Å². The Hall–Kier alpha value is -2.62. The highest BCUT2D eigenvalue weighted by Gasteiger charge is 2.27. The summed E-state index contributed by atoms with van der Waals surface area (Å²) in [6.45, 7) is 0. The Morgan fingerprint density at radius 3 is 2.62 bits per heavy atom. The number of benzene rings is 1. The van der Waals surface area contributed by atoms with E-state index in [1.807, 2.05) is 24.3 Å². The smallest absolute Gasteiger partial charge is 0.189 e. The van der Waals surface area contributed by atoms with Crippen LogP contribution < -0.4 is 9.47 Å². The molecule has 21 heavy (non-hydrogen) atoms. The lowest BCUT2D eigenvalue weighted by Gasteiger charge is -2.08. The molecule has 0 saturated carbocycles. The van der Waals surface area contributed by atoms with E-state index in [1.165, 1.54) is 0 Å². The summed E-state index contributed by atoms with van der Waals surface area (Å²) < 4.78 is 10.5. The van der Waals surface area contributed by atoms with E-state index in [1.54, 1.807) is 32.7 Å². The van der Waals surface area contributed by atoms with E-state index in [4.69, 9.17) is 9.47 Å². The van der Waals surface area contributed by atoms with Gasteiger partial charge in [0.2, 0.25) is 0 Å². The van der Waals surface area contributed by atoms with Gasteiger partial charge in [0.05, 0.1) is 14.2 Å². The number of allylic oxidation sites excluding steroid dienone is 1. The lowest BCUT2D eigenvalue weighted by molar-refractivity contribution is 0.104. The Morgan fingerprint density at radius 1 is 1.19 bits per heavy atom. The second-order valence-electron chi connectivity index (χ2n) is 4.83. The monoisotopic (exact) mass is 281 g/mol. The van der Waals surface area contributed by atoms with E-state index >= 15 is 0 Å². The average Bonchev–Trinajstić information content (AvgIpc) is 2.82. The Morgan fingerprint density at radius 2 is 1.95 bits per heavy atom. The molecule has 1 aromatic heterocycles. The topological polar surface area (TPSA) is 48.4 Å². The van der Waals surface area contributed by atoms with Crippen LogP contribution in [0.3, 0.4) is 0 Å². The minimum absolute atomic E-state index is 0.0369. The summed E-state index contributed by atoms with van der Waals surface area (Å²) in [6.07, 6.45) is 5.94. The molecule has 0 unspecified atom stereocenters. The number of fused-ring (bicyclic) bond motifs is 1. The third kappa shape index (κ3) is 2.40. The summed E-state index contributed by atoms with van der Waals surface area (Å²) in [5.74, 6) is 1.26. The lowest BCUT2D eigenvalue weighted by Crippen LogP contribution is -1.97. The summed E-state index contributed by atoms with van der Waals surface area (Å²) in [6, 6.07) is 7.40. The highest BCUT2D eigenvalue weighted by atomic mass is 16.5. The molecule has 0 aliphatic heterocycles. The van der Waals surface area contributed by atoms with Crippen molar-refractivity contribution in [2.24, 2.45) is 0 Å². The number of aromatic nitrogens is 1. The average molecular weight is 281 g/mol. The molecule has 1 aliphatic rings. The Balaban J connectivity index is 2.01. The lowest BCUT2D eigenvalue weighted by atomic mass is 10.1. The van der Waals surface area contributed by atoms with Crippen molar-refractivity contribution in [3.8, 4) is 11.5 Å². The molecule has 0 N–H and O–H groups in total. The fourth-order valence-corrected chi connectivity index (χ4v) is 2.52. The first-order valence-electron chi connectivity index (χ1n) is 6.63. The molecular formula is C17H15NO3. The van der Waals surface area contributed by atoms with Crippen molar-refractivity contribution in [2.45, 2.75) is 6.42 Å². The fraction of sp³-hybridized carbons (Fsp3) is 0.176. The Labute approximate surface area is 123 Å². The van der Waals surface area contributed by atoms with E-state index in [2.05, 4.69) is 4.98 Å². The quantitative estimate of drug-likeness (QED) is 0.812. The standard InChI is InChI=1S/C17H15NO3/c1-20-15-8-12-7-13(6-11-4-3-5-18-10-11)17(19)14(12)9-16(15)21-2/h3-6,8-10H,7H2,1-2H3. The van der Waals surface area contributed by atoms with E-state index in [-0.39, 0.29) is 5.78 Å². The SMILES string of the molecule is COc1cc2c(cc1OC)C(=O)C(=Cc1cccnc1)C2. The molecule has 4 nitrogen and oxygen atoms in total. The van der Waals surface area contributed by atoms with E-state index < -0.39 is 0 Å². The predicted molar refractivity (Wildman–Crippen MR) is 79.8 cm³/mol. The third-order valence-corrected chi connectivity index (χ3v) is 3.55. The Bertz CT molecular complexity index is 720. The molecular weight excluding hydrogens is 266 g/mol. The van der Waals surface area contributed by atoms with E-state index in [0.29, 0.717) is 23.5 Å². The van der Waals surface area contributed by atoms with Gasteiger partial charge in [-0.15, -0.1) is 0 Å². The first-order chi connectivity index (χ1) is 10.2. The van der Waals surface area contributed by atoms with E-state index in [9.17, 15) is 4.79 Å². The molecule has 4 heteroatoms. The van der Waals surface area contributed by atoms with Gasteiger partial charge < -0.3 is 9.47 Å². The first kappa shape index (κ1) is 13.4. The van der Waals surface area contributed by atoms with Crippen LogP contribution >= 0.6 is 0 Å². The van der Waals surface area contributed by atoms with Crippen LogP contribution in [0.2, 0.25) is 0 Å². The number of carbonyl (C=O) groups excluding carboxylic acids is 1. The van der Waals surface area contributed by atoms with Crippen molar-refractivity contribution in [2.75, 3.05) is 14.2 Å². The number of nitrogens with zero attached hydrogens (tertiary/aromatic N) is 1. The van der Waals surface area contributed by atoms with Gasteiger partial charge in [-0.05, 0) is 35.4 Å². The van der Waals surface area contributed by atoms with Crippen LogP contribution in [0.1, 0.15) is 21.5 Å². The summed E-state index contributed by atoms with van der Waals surface area (Å²) in [7, 11) is 3.16. The van der Waals surface area contributed by atoms with Gasteiger partial charge in [0, 0.05) is 30.0 Å². The number of ketones is 1. The predicted octanol–water partition coefficient (Wildman–Crippen LogP) is 2.92. The third-order valence-electron chi connectivity index (χ3n) is 3.55. The number of hydrogen-bond acceptors (Lipinski definition) is 4. The van der Waals surface area contributed by atoms with Crippen molar-refractivity contribution in [3.63, 3.8) is 0 Å². The van der Waals surface area contributed by atoms with Gasteiger partial charge in [0.1, 0.15) is 0 Å². The van der Waals surface area contributed by atoms with Crippen molar-refractivity contribution in [3.05, 3.63) is 58.9 Å². The second-order valence-corrected chi connectivity index (χ2v) is 4.83. The molecule has 106 valence electrons. The number of methoxy groups -OCH3 is 2. The van der Waals surface area contributed by atoms with E-state index in [0.717, 1.165) is 16.7 Å². The summed E-state index contributed by atoms with van der Waals surface area (Å²) in [5.41, 5.74) is 3.33. The highest BCUT2D eigenvalue weighted by Crippen LogP contribution is 2.36. The first-order valence-corrected chi connectivity index (χ1v) is 6.63. The van der Waals surface area contributed by atoms with Gasteiger partial charge in [0.25, 0.3) is 0 Å². The van der Waals surface area contributed by atoms with Gasteiger partial charge in [-0.25, -0.2) is 0 Å². The second kappa shape index (κ2) is 5.40. The van der Waals surface area contributed by atoms with Crippen LogP contribution in [0.5, 0.6) is 11.5 Å². The van der Waals surface area contributed by atoms with Crippen LogP contribution in [0.25, 0.3) is 6.08 Å². The normalized spacial score (nSPS) is 15.1. The van der Waals surface area contributed by atoms with Crippen LogP contribution in [-0.4, -0.2) is 25.0 Å². The van der Waals surface area contributed by atoms with Crippen molar-refractivity contribution < 1.29 is 14.3 Å². The van der Waals surface area contributed by atoms with Gasteiger partial charge in [-0.1, -0.05) is 6.07 Å². The minimum Gasteiger partial charge on any atom is -0.493 e. The summed E-state index contributed by atoms with van der Waals surface area (Å²) >= 11 is 0. The number of Topliss-reactive ketones (excluding diaryl/α,β-unsaturated/α-hetero) is 1. The maximum atomic E-state index is 12.5.